The Kier molecular flexibility index (Phi) is 14.0. The monoisotopic (exact) mass is 1050 g/mol. The molecule has 3 aromatic heterocycles. The number of hydrogen-bond donors (Lipinski definition) is 0. The number of pyridine rings is 1. The summed E-state index contributed by atoms with van der Waals surface area (Å²) in [5, 5.41) is 12.6. The number of furan rings is 1. The topological polar surface area (TPSA) is 67.6 Å². The van der Waals surface area contributed by atoms with Gasteiger partial charge in [-0.05, 0) is 106 Å². The smallest absolute Gasteiger partial charge is 0.121 e. The molecule has 331 valence electrons. The zero-order chi connectivity index (χ0) is 45.4. The van der Waals surface area contributed by atoms with Gasteiger partial charge in [-0.2, -0.15) is 0 Å². The van der Waals surface area contributed by atoms with Crippen LogP contribution in [0.2, 0.25) is 19.6 Å². The largest absolute Gasteiger partial charge is 0.501 e. The minimum atomic E-state index is -1.40. The van der Waals surface area contributed by atoms with Crippen molar-refractivity contribution in [3.63, 3.8) is 0 Å². The number of hydrogen-bond acceptors (Lipinski definition) is 4. The van der Waals surface area contributed by atoms with E-state index in [0.717, 1.165) is 67.6 Å². The summed E-state index contributed by atoms with van der Waals surface area (Å²) in [7, 11) is -1.40. The van der Waals surface area contributed by atoms with E-state index in [2.05, 4.69) is 206 Å². The standard InChI is InChI=1S/C39H35N2O.C19H23N2Si.Ir/c1-23(2)31-21-28(27-12-8-7-9-13-27)22-32(24(3)4)37(31)41-34-15-11-10-14-33(34)40-39(41)30-19-17-26(6)36-29-18-16-25(5)20-35(29)42-38(30)36;1-14(2)10-17-11-18(21-13-19(17)22(3,4)5)16-8-6-15(12-20)7-9-16;/h7-18,20-24H,1-6H3;6-8,11,13-14H,10H2,1-5H3;/q2*-1;. The van der Waals surface area contributed by atoms with E-state index in [0.29, 0.717) is 23.3 Å². The molecule has 0 aliphatic rings. The predicted octanol–water partition coefficient (Wildman–Crippen LogP) is 15.1. The van der Waals surface area contributed by atoms with Crippen molar-refractivity contribution in [3.05, 3.63) is 167 Å². The summed E-state index contributed by atoms with van der Waals surface area (Å²) in [4.78, 5) is 9.94. The molecule has 9 rings (SSSR count). The third-order valence-electron chi connectivity index (χ3n) is 12.1. The van der Waals surface area contributed by atoms with Gasteiger partial charge < -0.3 is 14.0 Å². The van der Waals surface area contributed by atoms with Crippen molar-refractivity contribution in [1.29, 1.82) is 5.26 Å². The van der Waals surface area contributed by atoms with Gasteiger partial charge >= 0.3 is 0 Å². The Hall–Kier alpha value is -5.90. The summed E-state index contributed by atoms with van der Waals surface area (Å²) < 4.78 is 9.00. The summed E-state index contributed by atoms with van der Waals surface area (Å²) in [5.41, 5.74) is 17.2. The Labute approximate surface area is 400 Å². The third-order valence-corrected chi connectivity index (χ3v) is 14.1. The van der Waals surface area contributed by atoms with Crippen molar-refractivity contribution < 1.29 is 24.5 Å². The first-order valence-electron chi connectivity index (χ1n) is 22.6. The van der Waals surface area contributed by atoms with E-state index in [-0.39, 0.29) is 20.1 Å². The zero-order valence-electron chi connectivity index (χ0n) is 39.5. The molecule has 0 fully saturated rings. The first-order chi connectivity index (χ1) is 30.6. The number of benzene rings is 6. The molecule has 0 unspecified atom stereocenters. The first-order valence-corrected chi connectivity index (χ1v) is 26.1. The normalized spacial score (nSPS) is 11.6. The van der Waals surface area contributed by atoms with Crippen LogP contribution in [0.1, 0.15) is 86.8 Å². The van der Waals surface area contributed by atoms with Gasteiger partial charge in [0.2, 0.25) is 0 Å². The molecule has 9 aromatic rings. The number of nitrogens with zero attached hydrogens (tertiary/aromatic N) is 4. The maximum absolute atomic E-state index is 8.89. The number of fused-ring (bicyclic) bond motifs is 4. The van der Waals surface area contributed by atoms with Crippen LogP contribution >= 0.6 is 0 Å². The fourth-order valence-corrected chi connectivity index (χ4v) is 10.5. The van der Waals surface area contributed by atoms with Crippen LogP contribution in [0.3, 0.4) is 0 Å². The molecular formula is C58H58IrN4OSi-2. The van der Waals surface area contributed by atoms with E-state index in [9.17, 15) is 0 Å². The maximum Gasteiger partial charge on any atom is 0.121 e. The van der Waals surface area contributed by atoms with Crippen molar-refractivity contribution in [2.45, 2.75) is 93.3 Å². The maximum atomic E-state index is 8.89. The molecule has 5 nitrogen and oxygen atoms in total. The van der Waals surface area contributed by atoms with Crippen LogP contribution in [0.15, 0.2) is 126 Å². The van der Waals surface area contributed by atoms with Crippen LogP contribution in [0.4, 0.5) is 0 Å². The molecule has 0 atom stereocenters. The summed E-state index contributed by atoms with van der Waals surface area (Å²) in [5.74, 6) is 2.07. The quantitative estimate of drug-likeness (QED) is 0.107. The van der Waals surface area contributed by atoms with Gasteiger partial charge in [-0.15, -0.1) is 47.5 Å². The van der Waals surface area contributed by atoms with E-state index in [1.54, 1.807) is 6.07 Å². The Morgan fingerprint density at radius 2 is 1.46 bits per heavy atom. The number of rotatable bonds is 9. The number of nitriles is 1. The molecule has 65 heavy (non-hydrogen) atoms. The second kappa shape index (κ2) is 19.3. The molecule has 6 aromatic carbocycles. The number of aromatic nitrogens is 3. The van der Waals surface area contributed by atoms with Crippen molar-refractivity contribution in [2.24, 2.45) is 5.92 Å². The van der Waals surface area contributed by atoms with E-state index >= 15 is 0 Å². The Balaban J connectivity index is 0.000000233. The SMILES string of the molecule is CC(C)Cc1cc(-c2[c-]cc(C#N)cc2)ncc1[Si](C)(C)C.Cc1ccc2c(c1)oc1c(-c3nc4ccccc4n3-c3c(C(C)C)cc(-c4ccccc4)cc3C(C)C)[c-]cc(C)c12.[Ir]. The minimum absolute atomic E-state index is 0. The molecule has 0 amide bonds. The van der Waals surface area contributed by atoms with Crippen molar-refractivity contribution in [2.75, 3.05) is 0 Å². The van der Waals surface area contributed by atoms with Crippen LogP contribution in [-0.4, -0.2) is 22.6 Å². The second-order valence-electron chi connectivity index (χ2n) is 19.3. The van der Waals surface area contributed by atoms with Crippen molar-refractivity contribution in [1.82, 2.24) is 14.5 Å². The number of para-hydroxylation sites is 2. The zero-order valence-corrected chi connectivity index (χ0v) is 42.9. The average Bonchev–Trinajstić information content (AvgIpc) is 3.85. The van der Waals surface area contributed by atoms with Crippen LogP contribution in [0.25, 0.3) is 72.4 Å². The van der Waals surface area contributed by atoms with Crippen molar-refractivity contribution in [3.8, 4) is 45.5 Å². The number of aryl methyl sites for hydroxylation is 2. The van der Waals surface area contributed by atoms with Gasteiger partial charge in [0.15, 0.2) is 0 Å². The first kappa shape index (κ1) is 47.1. The van der Waals surface area contributed by atoms with Gasteiger partial charge in [-0.1, -0.05) is 145 Å². The molecule has 0 aliphatic heterocycles. The molecule has 3 heterocycles. The predicted molar refractivity (Wildman–Crippen MR) is 270 cm³/mol. The van der Waals surface area contributed by atoms with E-state index in [4.69, 9.17) is 14.7 Å². The van der Waals surface area contributed by atoms with Gasteiger partial charge in [0, 0.05) is 43.4 Å². The molecule has 0 bridgehead atoms. The summed E-state index contributed by atoms with van der Waals surface area (Å²) in [6.45, 7) is 25.0. The van der Waals surface area contributed by atoms with Gasteiger partial charge in [0.05, 0.1) is 30.5 Å². The summed E-state index contributed by atoms with van der Waals surface area (Å²) in [6, 6.07) is 49.0. The van der Waals surface area contributed by atoms with E-state index in [1.807, 2.05) is 12.1 Å². The van der Waals surface area contributed by atoms with Crippen LogP contribution in [0, 0.1) is 43.2 Å². The van der Waals surface area contributed by atoms with E-state index < -0.39 is 8.07 Å². The second-order valence-corrected chi connectivity index (χ2v) is 24.3. The number of imidazole rings is 1. The average molecular weight is 1050 g/mol. The Morgan fingerprint density at radius 1 is 0.769 bits per heavy atom. The molecule has 7 heteroatoms. The molecular weight excluding hydrogens is 989 g/mol. The van der Waals surface area contributed by atoms with Gasteiger partial charge in [-0.3, -0.25) is 4.98 Å². The fraction of sp³-hybridized carbons (Fsp3) is 0.259. The fourth-order valence-electron chi connectivity index (χ4n) is 8.87. The van der Waals surface area contributed by atoms with Crippen LogP contribution < -0.4 is 5.19 Å². The van der Waals surface area contributed by atoms with Crippen molar-refractivity contribution >= 4 is 46.2 Å². The third kappa shape index (κ3) is 9.59. The van der Waals surface area contributed by atoms with Crippen LogP contribution in [0.5, 0.6) is 0 Å². The Bertz CT molecular complexity index is 3150. The molecule has 0 aliphatic carbocycles. The van der Waals surface area contributed by atoms with Gasteiger partial charge in [0.1, 0.15) is 5.58 Å². The van der Waals surface area contributed by atoms with E-state index in [1.165, 1.54) is 44.3 Å². The van der Waals surface area contributed by atoms with Gasteiger partial charge in [0.25, 0.3) is 0 Å². The summed E-state index contributed by atoms with van der Waals surface area (Å²) >= 11 is 0. The molecule has 0 spiro atoms. The van der Waals surface area contributed by atoms with Crippen LogP contribution in [-0.2, 0) is 26.5 Å². The molecule has 0 saturated heterocycles. The molecule has 0 saturated carbocycles. The summed E-state index contributed by atoms with van der Waals surface area (Å²) in [6.07, 6.45) is 3.14. The molecule has 1 radical (unpaired) electrons. The minimum Gasteiger partial charge on any atom is -0.501 e. The van der Waals surface area contributed by atoms with Gasteiger partial charge in [-0.25, -0.2) is 5.26 Å². The molecule has 0 N–H and O–H groups in total. The Morgan fingerprint density at radius 3 is 2.09 bits per heavy atom.